The van der Waals surface area contributed by atoms with E-state index in [-0.39, 0.29) is 12.5 Å². The lowest BCUT2D eigenvalue weighted by Crippen LogP contribution is -2.50. The van der Waals surface area contributed by atoms with Crippen LogP contribution in [-0.2, 0) is 4.79 Å². The lowest BCUT2D eigenvalue weighted by atomic mass is 10.0. The van der Waals surface area contributed by atoms with Gasteiger partial charge in [0.1, 0.15) is 6.10 Å². The van der Waals surface area contributed by atoms with Crippen LogP contribution in [0.3, 0.4) is 0 Å². The average molecular weight is 746 g/mol. The van der Waals surface area contributed by atoms with Gasteiger partial charge in [0.05, 0.1) is 18.8 Å². The van der Waals surface area contributed by atoms with Gasteiger partial charge in [0.15, 0.2) is 0 Å². The van der Waals surface area contributed by atoms with Crippen molar-refractivity contribution in [2.45, 2.75) is 257 Å². The minimum atomic E-state index is -1.16. The second-order valence-corrected chi connectivity index (χ2v) is 16.0. The Morgan fingerprint density at radius 2 is 0.811 bits per heavy atom. The van der Waals surface area contributed by atoms with Crippen molar-refractivity contribution in [2.24, 2.45) is 0 Å². The largest absolute Gasteiger partial charge is 0.394 e. The topological polar surface area (TPSA) is 89.8 Å². The summed E-state index contributed by atoms with van der Waals surface area (Å²) in [6.07, 6.45) is 54.1. The van der Waals surface area contributed by atoms with Crippen LogP contribution in [0.15, 0.2) is 36.5 Å². The number of nitrogens with one attached hydrogen (secondary N) is 1. The van der Waals surface area contributed by atoms with Crippen LogP contribution in [0.4, 0.5) is 0 Å². The molecule has 0 aliphatic heterocycles. The summed E-state index contributed by atoms with van der Waals surface area (Å²) in [6.45, 7) is 4.15. The van der Waals surface area contributed by atoms with Crippen LogP contribution in [0.2, 0.25) is 0 Å². The Hall–Kier alpha value is -1.43. The molecule has 0 fully saturated rings. The SMILES string of the molecule is CCCCCCCCC/C=C/CCCC(O)C(O)C(CO)NC(=O)CCCCCCCCCCCCC/C=C\C/C=C\CCCCCCCCCCC. The zero-order valence-corrected chi connectivity index (χ0v) is 35.4. The van der Waals surface area contributed by atoms with E-state index in [1.807, 2.05) is 0 Å². The second kappa shape index (κ2) is 43.3. The highest BCUT2D eigenvalue weighted by atomic mass is 16.3. The molecule has 0 aliphatic carbocycles. The third-order valence-corrected chi connectivity index (χ3v) is 10.7. The molecule has 0 heterocycles. The maximum atomic E-state index is 12.4. The lowest BCUT2D eigenvalue weighted by Gasteiger charge is -2.26. The first-order valence-corrected chi connectivity index (χ1v) is 23.3. The molecule has 5 heteroatoms. The van der Waals surface area contributed by atoms with E-state index in [4.69, 9.17) is 0 Å². The van der Waals surface area contributed by atoms with Crippen molar-refractivity contribution in [3.63, 3.8) is 0 Å². The van der Waals surface area contributed by atoms with E-state index in [0.717, 1.165) is 44.9 Å². The summed E-state index contributed by atoms with van der Waals surface area (Å²) >= 11 is 0. The molecule has 3 atom stereocenters. The van der Waals surface area contributed by atoms with Crippen molar-refractivity contribution in [1.29, 1.82) is 0 Å². The molecule has 1 amide bonds. The van der Waals surface area contributed by atoms with Gasteiger partial charge >= 0.3 is 0 Å². The molecule has 0 bridgehead atoms. The molecule has 0 radical (unpaired) electrons. The van der Waals surface area contributed by atoms with Gasteiger partial charge in [0, 0.05) is 6.42 Å². The summed E-state index contributed by atoms with van der Waals surface area (Å²) < 4.78 is 0. The highest BCUT2D eigenvalue weighted by Gasteiger charge is 2.26. The number of carbonyl (C=O) groups excluding carboxylic acids is 1. The lowest BCUT2D eigenvalue weighted by molar-refractivity contribution is -0.124. The Morgan fingerprint density at radius 1 is 0.472 bits per heavy atom. The summed E-state index contributed by atoms with van der Waals surface area (Å²) in [6, 6.07) is -0.826. The molecule has 0 saturated carbocycles. The average Bonchev–Trinajstić information content (AvgIpc) is 3.16. The van der Waals surface area contributed by atoms with Gasteiger partial charge in [-0.2, -0.15) is 0 Å². The maximum absolute atomic E-state index is 12.4. The van der Waals surface area contributed by atoms with Crippen LogP contribution in [-0.4, -0.2) is 46.1 Å². The van der Waals surface area contributed by atoms with E-state index in [1.54, 1.807) is 0 Å². The van der Waals surface area contributed by atoms with Crippen LogP contribution < -0.4 is 5.32 Å². The van der Waals surface area contributed by atoms with Gasteiger partial charge in [-0.25, -0.2) is 0 Å². The Labute approximate surface area is 330 Å². The molecule has 3 unspecified atom stereocenters. The van der Waals surface area contributed by atoms with E-state index in [1.165, 1.54) is 167 Å². The summed E-state index contributed by atoms with van der Waals surface area (Å²) in [7, 11) is 0. The quantitative estimate of drug-likeness (QED) is 0.0370. The van der Waals surface area contributed by atoms with Crippen LogP contribution in [0.5, 0.6) is 0 Å². The molecule has 4 N–H and O–H groups in total. The zero-order valence-electron chi connectivity index (χ0n) is 35.4. The predicted octanol–water partition coefficient (Wildman–Crippen LogP) is 13.5. The molecular weight excluding hydrogens is 655 g/mol. The molecule has 0 aromatic carbocycles. The number of amides is 1. The highest BCUT2D eigenvalue weighted by molar-refractivity contribution is 5.76. The minimum absolute atomic E-state index is 0.157. The predicted molar refractivity (Wildman–Crippen MR) is 231 cm³/mol. The standard InChI is InChI=1S/C48H91NO4/c1-3-5-7-9-11-13-15-17-18-19-20-21-22-23-24-25-26-27-28-29-30-31-33-35-37-39-41-43-47(52)49-45(44-50)48(53)46(51)42-40-38-36-34-32-16-14-12-10-8-6-4-2/h20-21,23-24,34,36,45-46,48,50-51,53H,3-19,22,25-33,35,37-44H2,1-2H3,(H,49,52)/b21-20-,24-23-,36-34+. The summed E-state index contributed by atoms with van der Waals surface area (Å²) in [5.41, 5.74) is 0. The number of unbranched alkanes of at least 4 members (excludes halogenated alkanes) is 28. The van der Waals surface area contributed by atoms with E-state index >= 15 is 0 Å². The van der Waals surface area contributed by atoms with Gasteiger partial charge in [0.25, 0.3) is 0 Å². The third kappa shape index (κ3) is 38.6. The van der Waals surface area contributed by atoms with Crippen molar-refractivity contribution in [3.05, 3.63) is 36.5 Å². The number of carbonyl (C=O) groups is 1. The minimum Gasteiger partial charge on any atom is -0.394 e. The van der Waals surface area contributed by atoms with Gasteiger partial charge in [-0.3, -0.25) is 4.79 Å². The summed E-state index contributed by atoms with van der Waals surface area (Å²) in [4.78, 5) is 12.4. The normalized spacial score (nSPS) is 13.8. The van der Waals surface area contributed by atoms with Gasteiger partial charge < -0.3 is 20.6 Å². The first-order chi connectivity index (χ1) is 26.1. The molecule has 312 valence electrons. The summed E-state index contributed by atoms with van der Waals surface area (Å²) in [5, 5.41) is 33.4. The number of hydrogen-bond donors (Lipinski definition) is 4. The molecule has 53 heavy (non-hydrogen) atoms. The number of aliphatic hydroxyl groups excluding tert-OH is 3. The smallest absolute Gasteiger partial charge is 0.220 e. The first-order valence-electron chi connectivity index (χ1n) is 23.3. The Morgan fingerprint density at radius 3 is 1.21 bits per heavy atom. The third-order valence-electron chi connectivity index (χ3n) is 10.7. The molecule has 0 saturated heterocycles. The molecule has 0 spiro atoms. The zero-order chi connectivity index (χ0) is 38.7. The maximum Gasteiger partial charge on any atom is 0.220 e. The van der Waals surface area contributed by atoms with E-state index < -0.39 is 18.2 Å². The molecule has 0 aliphatic rings. The second-order valence-electron chi connectivity index (χ2n) is 16.0. The highest BCUT2D eigenvalue weighted by Crippen LogP contribution is 2.15. The van der Waals surface area contributed by atoms with Crippen molar-refractivity contribution >= 4 is 5.91 Å². The summed E-state index contributed by atoms with van der Waals surface area (Å²) in [5.74, 6) is -0.157. The van der Waals surface area contributed by atoms with Crippen LogP contribution in [0, 0.1) is 0 Å². The molecule has 0 aromatic rings. The van der Waals surface area contributed by atoms with Crippen LogP contribution in [0.25, 0.3) is 0 Å². The van der Waals surface area contributed by atoms with Crippen molar-refractivity contribution in [2.75, 3.05) is 6.61 Å². The van der Waals surface area contributed by atoms with Crippen LogP contribution >= 0.6 is 0 Å². The van der Waals surface area contributed by atoms with Gasteiger partial charge in [-0.1, -0.05) is 198 Å². The first kappa shape index (κ1) is 51.6. The monoisotopic (exact) mass is 746 g/mol. The fourth-order valence-corrected chi connectivity index (χ4v) is 7.08. The van der Waals surface area contributed by atoms with Gasteiger partial charge in [0.2, 0.25) is 5.91 Å². The van der Waals surface area contributed by atoms with E-state index in [0.29, 0.717) is 12.8 Å². The Kier molecular flexibility index (Phi) is 42.1. The van der Waals surface area contributed by atoms with Crippen LogP contribution in [0.1, 0.15) is 239 Å². The molecule has 0 aromatic heterocycles. The molecule has 5 nitrogen and oxygen atoms in total. The number of hydrogen-bond acceptors (Lipinski definition) is 4. The number of rotatable bonds is 42. The van der Waals surface area contributed by atoms with Crippen molar-refractivity contribution in [1.82, 2.24) is 5.32 Å². The Bertz CT molecular complexity index is 824. The van der Waals surface area contributed by atoms with E-state index in [2.05, 4.69) is 55.6 Å². The Balaban J connectivity index is 3.59. The number of aliphatic hydroxyl groups is 3. The van der Waals surface area contributed by atoms with Crippen molar-refractivity contribution < 1.29 is 20.1 Å². The molecule has 0 rings (SSSR count). The van der Waals surface area contributed by atoms with Crippen molar-refractivity contribution in [3.8, 4) is 0 Å². The fraction of sp³-hybridized carbons (Fsp3) is 0.854. The fourth-order valence-electron chi connectivity index (χ4n) is 7.08. The van der Waals surface area contributed by atoms with E-state index in [9.17, 15) is 20.1 Å². The molecular formula is C48H91NO4. The van der Waals surface area contributed by atoms with Gasteiger partial charge in [-0.05, 0) is 70.6 Å². The van der Waals surface area contributed by atoms with Gasteiger partial charge in [-0.15, -0.1) is 0 Å². The number of allylic oxidation sites excluding steroid dienone is 6.